The van der Waals surface area contributed by atoms with E-state index in [0.717, 1.165) is 15.8 Å². The van der Waals surface area contributed by atoms with Gasteiger partial charge in [-0.25, -0.2) is 0 Å². The van der Waals surface area contributed by atoms with Crippen LogP contribution < -0.4 is 4.74 Å². The first-order valence-electron chi connectivity index (χ1n) is 5.71. The summed E-state index contributed by atoms with van der Waals surface area (Å²) in [5.41, 5.74) is 1.11. The molecule has 0 aliphatic heterocycles. The Hall–Kier alpha value is -1.07. The van der Waals surface area contributed by atoms with E-state index >= 15 is 0 Å². The number of ether oxygens (including phenoxy) is 1. The largest absolute Gasteiger partial charge is 0.497 e. The number of halogens is 1. The predicted molar refractivity (Wildman–Crippen MR) is 74.0 cm³/mol. The van der Waals surface area contributed by atoms with Crippen LogP contribution in [0.4, 0.5) is 0 Å². The number of aliphatic carboxylic acids is 1. The normalized spacial score (nSPS) is 12.5. The lowest BCUT2D eigenvalue weighted by Gasteiger charge is -2.25. The van der Waals surface area contributed by atoms with Gasteiger partial charge in [0.25, 0.3) is 0 Å². The monoisotopic (exact) mass is 315 g/mol. The van der Waals surface area contributed by atoms with Crippen LogP contribution in [-0.2, 0) is 4.79 Å². The van der Waals surface area contributed by atoms with Crippen LogP contribution in [0.15, 0.2) is 22.7 Å². The lowest BCUT2D eigenvalue weighted by atomic mass is 10.1. The van der Waals surface area contributed by atoms with Gasteiger partial charge < -0.3 is 9.84 Å². The van der Waals surface area contributed by atoms with Gasteiger partial charge in [-0.3, -0.25) is 9.69 Å². The van der Waals surface area contributed by atoms with Gasteiger partial charge in [-0.15, -0.1) is 0 Å². The second-order valence-corrected chi connectivity index (χ2v) is 5.04. The van der Waals surface area contributed by atoms with Crippen LogP contribution in [0.3, 0.4) is 0 Å². The van der Waals surface area contributed by atoms with Crippen LogP contribution in [0.1, 0.15) is 24.9 Å². The fourth-order valence-electron chi connectivity index (χ4n) is 1.68. The van der Waals surface area contributed by atoms with Crippen molar-refractivity contribution in [2.45, 2.75) is 19.4 Å². The van der Waals surface area contributed by atoms with Gasteiger partial charge in [0.1, 0.15) is 5.75 Å². The number of methoxy groups -OCH3 is 1. The van der Waals surface area contributed by atoms with E-state index in [0.29, 0.717) is 6.54 Å². The van der Waals surface area contributed by atoms with Crippen LogP contribution in [0.5, 0.6) is 5.75 Å². The van der Waals surface area contributed by atoms with Crippen LogP contribution in [0.2, 0.25) is 0 Å². The molecule has 0 fully saturated rings. The summed E-state index contributed by atoms with van der Waals surface area (Å²) in [6.07, 6.45) is 0.147. The topological polar surface area (TPSA) is 49.8 Å². The molecule has 1 N–H and O–H groups in total. The SMILES string of the molecule is COc1ccc(C(C)N(C)CCC(=O)O)c(Br)c1. The molecule has 18 heavy (non-hydrogen) atoms. The van der Waals surface area contributed by atoms with Crippen molar-refractivity contribution in [3.63, 3.8) is 0 Å². The van der Waals surface area contributed by atoms with E-state index in [-0.39, 0.29) is 12.5 Å². The van der Waals surface area contributed by atoms with Crippen molar-refractivity contribution in [2.24, 2.45) is 0 Å². The Kier molecular flexibility index (Phi) is 5.62. The van der Waals surface area contributed by atoms with E-state index < -0.39 is 5.97 Å². The molecule has 0 aromatic heterocycles. The summed E-state index contributed by atoms with van der Waals surface area (Å²) in [5, 5.41) is 8.69. The summed E-state index contributed by atoms with van der Waals surface area (Å²) in [6.45, 7) is 2.57. The van der Waals surface area contributed by atoms with Gasteiger partial charge in [0.2, 0.25) is 0 Å². The fraction of sp³-hybridized carbons (Fsp3) is 0.462. The number of hydrogen-bond acceptors (Lipinski definition) is 3. The minimum absolute atomic E-state index is 0.143. The molecule has 0 amide bonds. The Morgan fingerprint density at radius 2 is 2.22 bits per heavy atom. The highest BCUT2D eigenvalue weighted by Gasteiger charge is 2.15. The Morgan fingerprint density at radius 3 is 2.72 bits per heavy atom. The van der Waals surface area contributed by atoms with Crippen LogP contribution >= 0.6 is 15.9 Å². The van der Waals surface area contributed by atoms with E-state index in [1.807, 2.05) is 30.1 Å². The van der Waals surface area contributed by atoms with E-state index in [1.165, 1.54) is 0 Å². The maximum Gasteiger partial charge on any atom is 0.304 e. The van der Waals surface area contributed by atoms with Gasteiger partial charge >= 0.3 is 5.97 Å². The molecule has 0 bridgehead atoms. The zero-order valence-corrected chi connectivity index (χ0v) is 12.4. The third-order valence-corrected chi connectivity index (χ3v) is 3.68. The molecule has 0 spiro atoms. The van der Waals surface area contributed by atoms with Crippen molar-refractivity contribution in [2.75, 3.05) is 20.7 Å². The van der Waals surface area contributed by atoms with Gasteiger partial charge in [-0.2, -0.15) is 0 Å². The summed E-state index contributed by atoms with van der Waals surface area (Å²) in [6, 6.07) is 5.95. The second-order valence-electron chi connectivity index (χ2n) is 4.19. The number of carbonyl (C=O) groups is 1. The van der Waals surface area contributed by atoms with Crippen LogP contribution in [0, 0.1) is 0 Å². The van der Waals surface area contributed by atoms with Gasteiger partial charge in [-0.05, 0) is 31.7 Å². The van der Waals surface area contributed by atoms with Crippen molar-refractivity contribution in [3.05, 3.63) is 28.2 Å². The summed E-state index contributed by atoms with van der Waals surface area (Å²) >= 11 is 3.51. The number of hydrogen-bond donors (Lipinski definition) is 1. The molecule has 0 saturated heterocycles. The van der Waals surface area contributed by atoms with Gasteiger partial charge in [0.15, 0.2) is 0 Å². The smallest absolute Gasteiger partial charge is 0.304 e. The zero-order valence-electron chi connectivity index (χ0n) is 10.8. The highest BCUT2D eigenvalue weighted by atomic mass is 79.9. The molecule has 1 atom stereocenters. The van der Waals surface area contributed by atoms with Crippen molar-refractivity contribution in [3.8, 4) is 5.75 Å². The third kappa shape index (κ3) is 3.99. The number of rotatable bonds is 6. The molecule has 1 rings (SSSR count). The standard InChI is InChI=1S/C13H18BrNO3/c1-9(15(2)7-6-13(16)17)11-5-4-10(18-3)8-12(11)14/h4-5,8-9H,6-7H2,1-3H3,(H,16,17). The Bertz CT molecular complexity index is 423. The lowest BCUT2D eigenvalue weighted by molar-refractivity contribution is -0.137. The molecular formula is C13H18BrNO3. The fourth-order valence-corrected chi connectivity index (χ4v) is 2.37. The molecule has 1 unspecified atom stereocenters. The molecule has 100 valence electrons. The average molecular weight is 316 g/mol. The summed E-state index contributed by atoms with van der Waals surface area (Å²) in [4.78, 5) is 12.6. The first kappa shape index (κ1) is 15.0. The molecule has 0 heterocycles. The number of carboxylic acids is 1. The maximum absolute atomic E-state index is 10.6. The zero-order chi connectivity index (χ0) is 13.7. The van der Waals surface area contributed by atoms with Gasteiger partial charge in [-0.1, -0.05) is 22.0 Å². The Morgan fingerprint density at radius 1 is 1.56 bits per heavy atom. The van der Waals surface area contributed by atoms with Crippen LogP contribution in [-0.4, -0.2) is 36.7 Å². The summed E-state index contributed by atoms with van der Waals surface area (Å²) in [7, 11) is 3.55. The molecule has 5 heteroatoms. The molecule has 4 nitrogen and oxygen atoms in total. The first-order valence-corrected chi connectivity index (χ1v) is 6.50. The van der Waals surface area contributed by atoms with Crippen molar-refractivity contribution in [1.29, 1.82) is 0 Å². The van der Waals surface area contributed by atoms with Crippen LogP contribution in [0.25, 0.3) is 0 Å². The highest BCUT2D eigenvalue weighted by Crippen LogP contribution is 2.30. The van der Waals surface area contributed by atoms with Crippen molar-refractivity contribution in [1.82, 2.24) is 4.90 Å². The molecule has 0 aliphatic carbocycles. The minimum Gasteiger partial charge on any atom is -0.497 e. The number of benzene rings is 1. The number of nitrogens with zero attached hydrogens (tertiary/aromatic N) is 1. The molecule has 1 aromatic rings. The van der Waals surface area contributed by atoms with Crippen molar-refractivity contribution < 1.29 is 14.6 Å². The Labute approximate surface area is 116 Å². The van der Waals surface area contributed by atoms with E-state index in [9.17, 15) is 4.79 Å². The van der Waals surface area contributed by atoms with Gasteiger partial charge in [0, 0.05) is 17.1 Å². The second kappa shape index (κ2) is 6.75. The van der Waals surface area contributed by atoms with E-state index in [2.05, 4.69) is 22.9 Å². The maximum atomic E-state index is 10.6. The molecule has 1 aromatic carbocycles. The quantitative estimate of drug-likeness (QED) is 0.877. The first-order chi connectivity index (χ1) is 8.45. The summed E-state index contributed by atoms with van der Waals surface area (Å²) < 4.78 is 6.12. The van der Waals surface area contributed by atoms with E-state index in [4.69, 9.17) is 9.84 Å². The predicted octanol–water partition coefficient (Wildman–Crippen LogP) is 2.93. The molecule has 0 radical (unpaired) electrons. The van der Waals surface area contributed by atoms with E-state index in [1.54, 1.807) is 7.11 Å². The third-order valence-electron chi connectivity index (χ3n) is 3.00. The lowest BCUT2D eigenvalue weighted by Crippen LogP contribution is -2.25. The summed E-state index contributed by atoms with van der Waals surface area (Å²) in [5.74, 6) is 0.0221. The Balaban J connectivity index is 2.76. The highest BCUT2D eigenvalue weighted by molar-refractivity contribution is 9.10. The molecule has 0 saturated carbocycles. The molecule has 0 aliphatic rings. The average Bonchev–Trinajstić information content (AvgIpc) is 2.34. The number of carboxylic acid groups (broad SMARTS) is 1. The molecular weight excluding hydrogens is 298 g/mol. The van der Waals surface area contributed by atoms with Crippen molar-refractivity contribution >= 4 is 21.9 Å². The minimum atomic E-state index is -0.775. The van der Waals surface area contributed by atoms with Gasteiger partial charge in [0.05, 0.1) is 13.5 Å².